The molecule has 0 aliphatic heterocycles. The molecule has 0 radical (unpaired) electrons. The van der Waals surface area contributed by atoms with E-state index in [2.05, 4.69) is 39.0 Å². The van der Waals surface area contributed by atoms with Crippen molar-refractivity contribution < 1.29 is 4.39 Å². The molecule has 0 saturated carbocycles. The van der Waals surface area contributed by atoms with Crippen LogP contribution in [0.15, 0.2) is 36.4 Å². The summed E-state index contributed by atoms with van der Waals surface area (Å²) in [6, 6.07) is 11.1. The maximum Gasteiger partial charge on any atom is 0.123 e. The van der Waals surface area contributed by atoms with E-state index in [-0.39, 0.29) is 11.2 Å². The van der Waals surface area contributed by atoms with Crippen molar-refractivity contribution >= 4 is 10.8 Å². The summed E-state index contributed by atoms with van der Waals surface area (Å²) in [6.45, 7) is 6.48. The van der Waals surface area contributed by atoms with Crippen molar-refractivity contribution in [2.45, 2.75) is 26.2 Å². The number of rotatable bonds is 0. The van der Waals surface area contributed by atoms with E-state index in [1.165, 1.54) is 11.6 Å². The number of hydrogen-bond acceptors (Lipinski definition) is 0. The second kappa shape index (κ2) is 3.34. The Balaban J connectivity index is 2.64. The SMILES string of the molecule is CC(C)(C)c1ccc2ccc(F)cc2c1. The van der Waals surface area contributed by atoms with Gasteiger partial charge in [-0.2, -0.15) is 0 Å². The predicted octanol–water partition coefficient (Wildman–Crippen LogP) is 4.28. The number of halogens is 1. The van der Waals surface area contributed by atoms with E-state index in [1.807, 2.05) is 6.07 Å². The smallest absolute Gasteiger partial charge is 0.123 e. The van der Waals surface area contributed by atoms with Crippen LogP contribution < -0.4 is 0 Å². The maximum absolute atomic E-state index is 13.1. The Bertz CT molecular complexity index is 492. The van der Waals surface area contributed by atoms with Crippen molar-refractivity contribution in [2.75, 3.05) is 0 Å². The highest BCUT2D eigenvalue weighted by Crippen LogP contribution is 2.26. The third-order valence-electron chi connectivity index (χ3n) is 2.67. The molecule has 1 heteroatoms. The van der Waals surface area contributed by atoms with Gasteiger partial charge in [0, 0.05) is 0 Å². The van der Waals surface area contributed by atoms with E-state index >= 15 is 0 Å². The lowest BCUT2D eigenvalue weighted by Crippen LogP contribution is -2.10. The minimum Gasteiger partial charge on any atom is -0.207 e. The molecule has 0 fully saturated rings. The topological polar surface area (TPSA) is 0 Å². The van der Waals surface area contributed by atoms with Gasteiger partial charge >= 0.3 is 0 Å². The summed E-state index contributed by atoms with van der Waals surface area (Å²) >= 11 is 0. The third-order valence-corrected chi connectivity index (χ3v) is 2.67. The first-order valence-electron chi connectivity index (χ1n) is 5.17. The van der Waals surface area contributed by atoms with Crippen LogP contribution in [0, 0.1) is 5.82 Å². The predicted molar refractivity (Wildman–Crippen MR) is 62.6 cm³/mol. The van der Waals surface area contributed by atoms with Crippen LogP contribution in [-0.4, -0.2) is 0 Å². The van der Waals surface area contributed by atoms with Crippen molar-refractivity contribution in [3.05, 3.63) is 47.8 Å². The van der Waals surface area contributed by atoms with E-state index < -0.39 is 0 Å². The summed E-state index contributed by atoms with van der Waals surface area (Å²) in [6.07, 6.45) is 0. The van der Waals surface area contributed by atoms with Gasteiger partial charge in [-0.1, -0.05) is 45.0 Å². The minimum atomic E-state index is -0.173. The van der Waals surface area contributed by atoms with E-state index in [4.69, 9.17) is 0 Å². The van der Waals surface area contributed by atoms with Crippen molar-refractivity contribution in [3.63, 3.8) is 0 Å². The first-order chi connectivity index (χ1) is 6.97. The molecule has 0 amide bonds. The molecule has 2 aromatic carbocycles. The Kier molecular flexibility index (Phi) is 2.26. The molecule has 0 aliphatic carbocycles. The van der Waals surface area contributed by atoms with E-state index in [1.54, 1.807) is 6.07 Å². The normalized spacial score (nSPS) is 12.0. The van der Waals surface area contributed by atoms with Crippen molar-refractivity contribution in [1.82, 2.24) is 0 Å². The Labute approximate surface area is 89.7 Å². The highest BCUT2D eigenvalue weighted by Gasteiger charge is 2.13. The van der Waals surface area contributed by atoms with Crippen LogP contribution in [0.5, 0.6) is 0 Å². The number of fused-ring (bicyclic) bond motifs is 1. The molecule has 2 aromatic rings. The lowest BCUT2D eigenvalue weighted by Gasteiger charge is -2.19. The molecule has 2 rings (SSSR count). The lowest BCUT2D eigenvalue weighted by molar-refractivity contribution is 0.591. The fraction of sp³-hybridized carbons (Fsp3) is 0.286. The monoisotopic (exact) mass is 202 g/mol. The summed E-state index contributed by atoms with van der Waals surface area (Å²) in [5.74, 6) is -0.173. The van der Waals surface area contributed by atoms with Gasteiger partial charge in [-0.05, 0) is 33.9 Å². The fourth-order valence-corrected chi connectivity index (χ4v) is 1.68. The first kappa shape index (κ1) is 10.2. The highest BCUT2D eigenvalue weighted by molar-refractivity contribution is 5.83. The van der Waals surface area contributed by atoms with E-state index in [0.29, 0.717) is 0 Å². The van der Waals surface area contributed by atoms with Gasteiger partial charge in [0.2, 0.25) is 0 Å². The average Bonchev–Trinajstić information content (AvgIpc) is 2.15. The summed E-state index contributed by atoms with van der Waals surface area (Å²) in [4.78, 5) is 0. The van der Waals surface area contributed by atoms with Gasteiger partial charge in [-0.15, -0.1) is 0 Å². The number of benzene rings is 2. The van der Waals surface area contributed by atoms with Crippen molar-refractivity contribution in [1.29, 1.82) is 0 Å². The van der Waals surface area contributed by atoms with Gasteiger partial charge < -0.3 is 0 Å². The van der Waals surface area contributed by atoms with Crippen LogP contribution in [0.25, 0.3) is 10.8 Å². The van der Waals surface area contributed by atoms with Gasteiger partial charge in [0.25, 0.3) is 0 Å². The van der Waals surface area contributed by atoms with Crippen LogP contribution in [0.1, 0.15) is 26.3 Å². The van der Waals surface area contributed by atoms with Crippen molar-refractivity contribution in [2.24, 2.45) is 0 Å². The molecule has 0 atom stereocenters. The standard InChI is InChI=1S/C14H15F/c1-14(2,3)12-6-4-10-5-7-13(15)9-11(10)8-12/h4-9H,1-3H3. The second-order valence-corrected chi connectivity index (χ2v) is 4.96. The van der Waals surface area contributed by atoms with Crippen molar-refractivity contribution in [3.8, 4) is 0 Å². The number of hydrogen-bond donors (Lipinski definition) is 0. The van der Waals surface area contributed by atoms with E-state index in [9.17, 15) is 4.39 Å². The fourth-order valence-electron chi connectivity index (χ4n) is 1.68. The Hall–Kier alpha value is -1.37. The summed E-state index contributed by atoms with van der Waals surface area (Å²) in [5, 5.41) is 2.06. The van der Waals surface area contributed by atoms with Gasteiger partial charge in [0.1, 0.15) is 5.82 Å². The molecule has 0 aromatic heterocycles. The molecule has 78 valence electrons. The molecule has 0 aliphatic rings. The first-order valence-corrected chi connectivity index (χ1v) is 5.17. The molecule has 0 nitrogen and oxygen atoms in total. The Morgan fingerprint density at radius 1 is 0.867 bits per heavy atom. The Morgan fingerprint density at radius 3 is 2.20 bits per heavy atom. The van der Waals surface area contributed by atoms with Crippen LogP contribution in [0.3, 0.4) is 0 Å². The molecular weight excluding hydrogens is 187 g/mol. The average molecular weight is 202 g/mol. The highest BCUT2D eigenvalue weighted by atomic mass is 19.1. The maximum atomic E-state index is 13.1. The third kappa shape index (κ3) is 2.01. The molecule has 15 heavy (non-hydrogen) atoms. The lowest BCUT2D eigenvalue weighted by atomic mass is 9.86. The zero-order chi connectivity index (χ0) is 11.1. The van der Waals surface area contributed by atoms with E-state index in [0.717, 1.165) is 10.8 Å². The molecule has 0 saturated heterocycles. The molecule has 0 N–H and O–H groups in total. The molecule has 0 spiro atoms. The van der Waals surface area contributed by atoms with Crippen LogP contribution in [-0.2, 0) is 5.41 Å². The summed E-state index contributed by atoms with van der Waals surface area (Å²) in [7, 11) is 0. The summed E-state index contributed by atoms with van der Waals surface area (Å²) < 4.78 is 13.1. The summed E-state index contributed by atoms with van der Waals surface area (Å²) in [5.41, 5.74) is 1.35. The van der Waals surface area contributed by atoms with Gasteiger partial charge in [-0.25, -0.2) is 4.39 Å². The molecule has 0 bridgehead atoms. The largest absolute Gasteiger partial charge is 0.207 e. The molecular formula is C14H15F. The van der Waals surface area contributed by atoms with Gasteiger partial charge in [0.15, 0.2) is 0 Å². The zero-order valence-electron chi connectivity index (χ0n) is 9.34. The van der Waals surface area contributed by atoms with Gasteiger partial charge in [-0.3, -0.25) is 0 Å². The van der Waals surface area contributed by atoms with Gasteiger partial charge in [0.05, 0.1) is 0 Å². The Morgan fingerprint density at radius 2 is 1.53 bits per heavy atom. The van der Waals surface area contributed by atoms with Crippen LogP contribution in [0.2, 0.25) is 0 Å². The second-order valence-electron chi connectivity index (χ2n) is 4.96. The van der Waals surface area contributed by atoms with Crippen LogP contribution in [0.4, 0.5) is 4.39 Å². The minimum absolute atomic E-state index is 0.112. The quantitative estimate of drug-likeness (QED) is 0.598. The van der Waals surface area contributed by atoms with Crippen LogP contribution >= 0.6 is 0 Å². The zero-order valence-corrected chi connectivity index (χ0v) is 9.34. The molecule has 0 heterocycles. The molecule has 0 unspecified atom stereocenters.